The lowest BCUT2D eigenvalue weighted by Crippen LogP contribution is -2.08. The minimum Gasteiger partial charge on any atom is -0.459 e. The zero-order chi connectivity index (χ0) is 19.6. The Morgan fingerprint density at radius 3 is 2.79 bits per heavy atom. The van der Waals surface area contributed by atoms with Gasteiger partial charge in [0.15, 0.2) is 17.3 Å². The topological polar surface area (TPSA) is 70.8 Å². The quantitative estimate of drug-likeness (QED) is 0.469. The number of carbonyl (C=O) groups excluding carboxylic acids is 1. The van der Waals surface area contributed by atoms with Crippen LogP contribution in [0, 0.1) is 0 Å². The van der Waals surface area contributed by atoms with Gasteiger partial charge in [0.05, 0.1) is 6.42 Å². The van der Waals surface area contributed by atoms with Crippen LogP contribution >= 0.6 is 0 Å². The van der Waals surface area contributed by atoms with Crippen molar-refractivity contribution in [1.82, 2.24) is 5.16 Å². The fourth-order valence-electron chi connectivity index (χ4n) is 3.37. The SMILES string of the molecule is O=C(Cc1cccc2ccccc12)OCc1cc(-c2ccc3c(c2)OCO3)on1. The van der Waals surface area contributed by atoms with Gasteiger partial charge in [-0.2, -0.15) is 0 Å². The number of fused-ring (bicyclic) bond motifs is 2. The second-order valence-electron chi connectivity index (χ2n) is 6.73. The van der Waals surface area contributed by atoms with Gasteiger partial charge in [-0.1, -0.05) is 47.6 Å². The summed E-state index contributed by atoms with van der Waals surface area (Å²) in [5, 5.41) is 6.14. The molecule has 29 heavy (non-hydrogen) atoms. The first kappa shape index (κ1) is 17.3. The molecule has 144 valence electrons. The highest BCUT2D eigenvalue weighted by atomic mass is 16.7. The molecular formula is C23H17NO5. The van der Waals surface area contributed by atoms with E-state index >= 15 is 0 Å². The Balaban J connectivity index is 1.24. The Morgan fingerprint density at radius 1 is 0.966 bits per heavy atom. The Kier molecular flexibility index (Phi) is 4.37. The lowest BCUT2D eigenvalue weighted by atomic mass is 10.0. The van der Waals surface area contributed by atoms with Crippen molar-refractivity contribution in [3.8, 4) is 22.8 Å². The van der Waals surface area contributed by atoms with Gasteiger partial charge in [0, 0.05) is 11.6 Å². The summed E-state index contributed by atoms with van der Waals surface area (Å²) >= 11 is 0. The smallest absolute Gasteiger partial charge is 0.310 e. The van der Waals surface area contributed by atoms with Crippen LogP contribution in [0.15, 0.2) is 71.3 Å². The first-order chi connectivity index (χ1) is 14.3. The zero-order valence-electron chi connectivity index (χ0n) is 15.5. The van der Waals surface area contributed by atoms with E-state index in [1.807, 2.05) is 60.7 Å². The summed E-state index contributed by atoms with van der Waals surface area (Å²) in [7, 11) is 0. The Hall–Kier alpha value is -3.80. The van der Waals surface area contributed by atoms with Gasteiger partial charge in [-0.25, -0.2) is 0 Å². The monoisotopic (exact) mass is 387 g/mol. The van der Waals surface area contributed by atoms with Crippen LogP contribution in [0.2, 0.25) is 0 Å². The van der Waals surface area contributed by atoms with E-state index in [0.29, 0.717) is 23.0 Å². The summed E-state index contributed by atoms with van der Waals surface area (Å²) < 4.78 is 21.5. The normalized spacial score (nSPS) is 12.3. The molecule has 0 amide bonds. The summed E-state index contributed by atoms with van der Waals surface area (Å²) in [5.41, 5.74) is 2.30. The third-order valence-corrected chi connectivity index (χ3v) is 4.81. The fraction of sp³-hybridized carbons (Fsp3) is 0.130. The molecule has 2 heterocycles. The van der Waals surface area contributed by atoms with E-state index in [1.54, 1.807) is 6.07 Å². The van der Waals surface area contributed by atoms with Crippen LogP contribution in [0.1, 0.15) is 11.3 Å². The summed E-state index contributed by atoms with van der Waals surface area (Å²) in [5.74, 6) is 1.63. The first-order valence-electron chi connectivity index (χ1n) is 9.24. The molecule has 0 fully saturated rings. The van der Waals surface area contributed by atoms with Crippen LogP contribution in [0.25, 0.3) is 22.1 Å². The Morgan fingerprint density at radius 2 is 1.83 bits per heavy atom. The van der Waals surface area contributed by atoms with E-state index in [4.69, 9.17) is 18.7 Å². The van der Waals surface area contributed by atoms with Crippen molar-refractivity contribution < 1.29 is 23.5 Å². The summed E-state index contributed by atoms with van der Waals surface area (Å²) in [6.07, 6.45) is 0.203. The number of nitrogens with zero attached hydrogens (tertiary/aromatic N) is 1. The second kappa shape index (κ2) is 7.31. The average molecular weight is 387 g/mol. The standard InChI is InChI=1S/C23H17NO5/c25-23(11-16-6-3-5-15-4-1-2-7-19(15)16)26-13-18-12-21(29-24-18)17-8-9-20-22(10-17)28-14-27-20/h1-10,12H,11,13-14H2. The van der Waals surface area contributed by atoms with Gasteiger partial charge in [-0.3, -0.25) is 4.79 Å². The molecule has 6 heteroatoms. The fourth-order valence-corrected chi connectivity index (χ4v) is 3.37. The number of hydrogen-bond donors (Lipinski definition) is 0. The molecule has 0 spiro atoms. The van der Waals surface area contributed by atoms with Crippen molar-refractivity contribution in [2.45, 2.75) is 13.0 Å². The molecule has 0 atom stereocenters. The van der Waals surface area contributed by atoms with Gasteiger partial charge >= 0.3 is 5.97 Å². The largest absolute Gasteiger partial charge is 0.459 e. The molecule has 0 bridgehead atoms. The van der Waals surface area contributed by atoms with Crippen molar-refractivity contribution in [2.24, 2.45) is 0 Å². The molecule has 5 rings (SSSR count). The summed E-state index contributed by atoms with van der Waals surface area (Å²) in [6.45, 7) is 0.269. The number of benzene rings is 3. The lowest BCUT2D eigenvalue weighted by molar-refractivity contribution is -0.144. The molecule has 0 saturated heterocycles. The maximum Gasteiger partial charge on any atom is 0.310 e. The molecule has 0 radical (unpaired) electrons. The Bertz CT molecular complexity index is 1190. The third-order valence-electron chi connectivity index (χ3n) is 4.81. The highest BCUT2D eigenvalue weighted by Gasteiger charge is 2.16. The molecule has 1 aliphatic rings. The molecular weight excluding hydrogens is 370 g/mol. The van der Waals surface area contributed by atoms with E-state index in [2.05, 4.69) is 5.16 Å². The van der Waals surface area contributed by atoms with Crippen molar-refractivity contribution in [3.05, 3.63) is 78.0 Å². The number of hydrogen-bond acceptors (Lipinski definition) is 6. The molecule has 6 nitrogen and oxygen atoms in total. The van der Waals surface area contributed by atoms with Crippen LogP contribution < -0.4 is 9.47 Å². The van der Waals surface area contributed by atoms with Gasteiger partial charge in [0.1, 0.15) is 12.3 Å². The highest BCUT2D eigenvalue weighted by Crippen LogP contribution is 2.36. The van der Waals surface area contributed by atoms with E-state index in [1.165, 1.54) is 0 Å². The van der Waals surface area contributed by atoms with Gasteiger partial charge < -0.3 is 18.7 Å². The van der Waals surface area contributed by atoms with E-state index < -0.39 is 0 Å². The van der Waals surface area contributed by atoms with Gasteiger partial charge in [-0.15, -0.1) is 0 Å². The molecule has 1 aromatic heterocycles. The first-order valence-corrected chi connectivity index (χ1v) is 9.24. The maximum atomic E-state index is 12.3. The molecule has 0 saturated carbocycles. The minimum absolute atomic E-state index is 0.0532. The van der Waals surface area contributed by atoms with Gasteiger partial charge in [-0.05, 0) is 34.5 Å². The van der Waals surface area contributed by atoms with Crippen LogP contribution in [-0.4, -0.2) is 17.9 Å². The highest BCUT2D eigenvalue weighted by molar-refractivity contribution is 5.89. The number of esters is 1. The van der Waals surface area contributed by atoms with Gasteiger partial charge in [0.2, 0.25) is 6.79 Å². The molecule has 0 aliphatic carbocycles. The number of aromatic nitrogens is 1. The second-order valence-corrected chi connectivity index (χ2v) is 6.73. The molecule has 0 unspecified atom stereocenters. The summed E-state index contributed by atoms with van der Waals surface area (Å²) in [4.78, 5) is 12.3. The van der Waals surface area contributed by atoms with Crippen LogP contribution in [0.3, 0.4) is 0 Å². The molecule has 4 aromatic rings. The lowest BCUT2D eigenvalue weighted by Gasteiger charge is -2.06. The zero-order valence-corrected chi connectivity index (χ0v) is 15.5. The molecule has 0 N–H and O–H groups in total. The van der Waals surface area contributed by atoms with Crippen LogP contribution in [0.4, 0.5) is 0 Å². The third kappa shape index (κ3) is 3.52. The maximum absolute atomic E-state index is 12.3. The average Bonchev–Trinajstić information content (AvgIpc) is 3.41. The Labute approximate surface area is 166 Å². The van der Waals surface area contributed by atoms with Crippen LogP contribution in [0.5, 0.6) is 11.5 Å². The van der Waals surface area contributed by atoms with E-state index in [-0.39, 0.29) is 25.8 Å². The van der Waals surface area contributed by atoms with Crippen molar-refractivity contribution in [2.75, 3.05) is 6.79 Å². The molecule has 1 aliphatic heterocycles. The van der Waals surface area contributed by atoms with E-state index in [9.17, 15) is 4.79 Å². The molecule has 3 aromatic carbocycles. The number of carbonyl (C=O) groups is 1. The van der Waals surface area contributed by atoms with E-state index in [0.717, 1.165) is 21.9 Å². The van der Waals surface area contributed by atoms with Gasteiger partial charge in [0.25, 0.3) is 0 Å². The minimum atomic E-state index is -0.311. The van der Waals surface area contributed by atoms with Crippen molar-refractivity contribution in [1.29, 1.82) is 0 Å². The number of rotatable bonds is 5. The van der Waals surface area contributed by atoms with Crippen LogP contribution in [-0.2, 0) is 22.6 Å². The van der Waals surface area contributed by atoms with Crippen molar-refractivity contribution >= 4 is 16.7 Å². The number of ether oxygens (including phenoxy) is 3. The predicted octanol–water partition coefficient (Wildman–Crippen LogP) is 4.51. The summed E-state index contributed by atoms with van der Waals surface area (Å²) in [6, 6.07) is 21.2. The van der Waals surface area contributed by atoms with Crippen molar-refractivity contribution in [3.63, 3.8) is 0 Å². The predicted molar refractivity (Wildman–Crippen MR) is 106 cm³/mol.